The molecule has 0 aromatic rings. The smallest absolute Gasteiger partial charge is 0.223 e. The molecule has 0 bridgehead atoms. The Balaban J connectivity index is 3.89. The third-order valence-corrected chi connectivity index (χ3v) is 2.15. The highest BCUT2D eigenvalue weighted by molar-refractivity contribution is 5.87. The van der Waals surface area contributed by atoms with Crippen LogP contribution in [0.15, 0.2) is 0 Å². The Morgan fingerprint density at radius 2 is 1.79 bits per heavy atom. The van der Waals surface area contributed by atoms with Crippen LogP contribution >= 0.6 is 0 Å². The monoisotopic (exact) mass is 199 g/mol. The normalized spacial score (nSPS) is 12.6. The molecular formula is C11H21NO2. The van der Waals surface area contributed by atoms with Crippen molar-refractivity contribution in [3.63, 3.8) is 0 Å². The van der Waals surface area contributed by atoms with Crippen LogP contribution in [0, 0.1) is 11.8 Å². The van der Waals surface area contributed by atoms with Crippen molar-refractivity contribution in [3.8, 4) is 0 Å². The molecule has 0 saturated heterocycles. The predicted molar refractivity (Wildman–Crippen MR) is 56.9 cm³/mol. The van der Waals surface area contributed by atoms with E-state index in [1.807, 2.05) is 20.8 Å². The molecule has 1 atom stereocenters. The average molecular weight is 199 g/mol. The van der Waals surface area contributed by atoms with Crippen molar-refractivity contribution < 1.29 is 9.59 Å². The number of nitrogens with one attached hydrogen (secondary N) is 1. The lowest BCUT2D eigenvalue weighted by molar-refractivity contribution is -0.130. The van der Waals surface area contributed by atoms with E-state index >= 15 is 0 Å². The van der Waals surface area contributed by atoms with Crippen molar-refractivity contribution in [1.29, 1.82) is 0 Å². The van der Waals surface area contributed by atoms with Crippen molar-refractivity contribution in [2.45, 2.75) is 40.5 Å². The third kappa shape index (κ3) is 5.00. The van der Waals surface area contributed by atoms with Gasteiger partial charge in [0.1, 0.15) is 5.78 Å². The lowest BCUT2D eigenvalue weighted by Gasteiger charge is -2.12. The highest BCUT2D eigenvalue weighted by Gasteiger charge is 2.17. The summed E-state index contributed by atoms with van der Waals surface area (Å²) in [6.07, 6.45) is 1.28. The lowest BCUT2D eigenvalue weighted by atomic mass is 9.97. The van der Waals surface area contributed by atoms with Gasteiger partial charge in [-0.2, -0.15) is 0 Å². The molecule has 0 aliphatic carbocycles. The van der Waals surface area contributed by atoms with E-state index in [2.05, 4.69) is 5.32 Å². The first-order valence-electron chi connectivity index (χ1n) is 5.29. The number of Topliss-reactive ketones (excluding diaryl/α,β-unsaturated/α-hetero) is 1. The molecule has 3 heteroatoms. The summed E-state index contributed by atoms with van der Waals surface area (Å²) in [7, 11) is 0. The van der Waals surface area contributed by atoms with Gasteiger partial charge < -0.3 is 5.32 Å². The first kappa shape index (κ1) is 13.1. The third-order valence-electron chi connectivity index (χ3n) is 2.15. The quantitative estimate of drug-likeness (QED) is 0.708. The lowest BCUT2D eigenvalue weighted by Crippen LogP contribution is -2.31. The van der Waals surface area contributed by atoms with E-state index in [1.54, 1.807) is 6.92 Å². The summed E-state index contributed by atoms with van der Waals surface area (Å²) in [5, 5.41) is 2.79. The number of hydrogen-bond acceptors (Lipinski definition) is 2. The summed E-state index contributed by atoms with van der Waals surface area (Å²) in [5.74, 6) is -0.0297. The van der Waals surface area contributed by atoms with E-state index in [4.69, 9.17) is 0 Å². The van der Waals surface area contributed by atoms with Crippen LogP contribution in [-0.2, 0) is 9.59 Å². The molecule has 1 amide bonds. The molecule has 0 heterocycles. The summed E-state index contributed by atoms with van der Waals surface area (Å²) < 4.78 is 0. The molecule has 0 fully saturated rings. The van der Waals surface area contributed by atoms with Gasteiger partial charge in [-0.15, -0.1) is 0 Å². The Kier molecular flexibility index (Phi) is 6.17. The van der Waals surface area contributed by atoms with Gasteiger partial charge >= 0.3 is 0 Å². The second-order valence-electron chi connectivity index (χ2n) is 4.02. The summed E-state index contributed by atoms with van der Waals surface area (Å²) in [4.78, 5) is 22.7. The van der Waals surface area contributed by atoms with Gasteiger partial charge in [0.25, 0.3) is 0 Å². The zero-order chi connectivity index (χ0) is 11.1. The van der Waals surface area contributed by atoms with Gasteiger partial charge in [-0.1, -0.05) is 27.7 Å². The largest absolute Gasteiger partial charge is 0.356 e. The molecular weight excluding hydrogens is 178 g/mol. The molecule has 14 heavy (non-hydrogen) atoms. The van der Waals surface area contributed by atoms with Gasteiger partial charge in [-0.05, 0) is 6.42 Å². The number of ketones is 1. The molecule has 0 saturated carbocycles. The fourth-order valence-electron chi connectivity index (χ4n) is 1.05. The van der Waals surface area contributed by atoms with Crippen molar-refractivity contribution in [1.82, 2.24) is 5.32 Å². The summed E-state index contributed by atoms with van der Waals surface area (Å²) >= 11 is 0. The van der Waals surface area contributed by atoms with Crippen molar-refractivity contribution in [3.05, 3.63) is 0 Å². The van der Waals surface area contributed by atoms with Crippen LogP contribution in [0.3, 0.4) is 0 Å². The first-order chi connectivity index (χ1) is 6.49. The molecule has 0 aromatic carbocycles. The molecule has 1 N–H and O–H groups in total. The fraction of sp³-hybridized carbons (Fsp3) is 0.818. The maximum Gasteiger partial charge on any atom is 0.223 e. The SMILES string of the molecule is CCCNC(=O)C(C)CC(=O)C(C)C. The van der Waals surface area contributed by atoms with Crippen molar-refractivity contribution in [2.24, 2.45) is 11.8 Å². The highest BCUT2D eigenvalue weighted by atomic mass is 16.2. The number of carbonyl (C=O) groups is 2. The average Bonchev–Trinajstić information content (AvgIpc) is 2.13. The zero-order valence-corrected chi connectivity index (χ0v) is 9.59. The summed E-state index contributed by atoms with van der Waals surface area (Å²) in [6, 6.07) is 0. The molecule has 1 unspecified atom stereocenters. The first-order valence-corrected chi connectivity index (χ1v) is 5.29. The minimum Gasteiger partial charge on any atom is -0.356 e. The topological polar surface area (TPSA) is 46.2 Å². The molecule has 82 valence electrons. The van der Waals surface area contributed by atoms with Gasteiger partial charge in [0.05, 0.1) is 0 Å². The molecule has 0 rings (SSSR count). The Hall–Kier alpha value is -0.860. The van der Waals surface area contributed by atoms with Crippen molar-refractivity contribution in [2.75, 3.05) is 6.54 Å². The van der Waals surface area contributed by atoms with Gasteiger partial charge in [0.2, 0.25) is 5.91 Å². The van der Waals surface area contributed by atoms with E-state index in [1.165, 1.54) is 0 Å². The molecule has 0 aromatic heterocycles. The summed E-state index contributed by atoms with van der Waals surface area (Å²) in [6.45, 7) is 8.21. The standard InChI is InChI=1S/C11H21NO2/c1-5-6-12-11(14)9(4)7-10(13)8(2)3/h8-9H,5-7H2,1-4H3,(H,12,14). The van der Waals surface area contributed by atoms with Crippen molar-refractivity contribution >= 4 is 11.7 Å². The van der Waals surface area contributed by atoms with Crippen LogP contribution in [0.2, 0.25) is 0 Å². The van der Waals surface area contributed by atoms with Gasteiger partial charge in [0.15, 0.2) is 0 Å². The number of rotatable bonds is 6. The Bertz CT molecular complexity index is 199. The Morgan fingerprint density at radius 3 is 2.21 bits per heavy atom. The molecule has 0 radical (unpaired) electrons. The molecule has 0 aliphatic heterocycles. The second kappa shape index (κ2) is 6.57. The fourth-order valence-corrected chi connectivity index (χ4v) is 1.05. The van der Waals surface area contributed by atoms with Crippen LogP contribution in [0.4, 0.5) is 0 Å². The predicted octanol–water partition coefficient (Wildman–Crippen LogP) is 1.76. The van der Waals surface area contributed by atoms with Crippen LogP contribution in [0.25, 0.3) is 0 Å². The number of amides is 1. The maximum absolute atomic E-state index is 11.4. The van der Waals surface area contributed by atoms with E-state index in [0.29, 0.717) is 13.0 Å². The highest BCUT2D eigenvalue weighted by Crippen LogP contribution is 2.08. The minimum atomic E-state index is -0.198. The van der Waals surface area contributed by atoms with Gasteiger partial charge in [-0.3, -0.25) is 9.59 Å². The van der Waals surface area contributed by atoms with Crippen LogP contribution in [0.1, 0.15) is 40.5 Å². The molecule has 3 nitrogen and oxygen atoms in total. The van der Waals surface area contributed by atoms with Crippen LogP contribution < -0.4 is 5.32 Å². The van der Waals surface area contributed by atoms with E-state index < -0.39 is 0 Å². The zero-order valence-electron chi connectivity index (χ0n) is 9.59. The second-order valence-corrected chi connectivity index (χ2v) is 4.02. The Morgan fingerprint density at radius 1 is 1.21 bits per heavy atom. The Labute approximate surface area is 86.3 Å². The van der Waals surface area contributed by atoms with Gasteiger partial charge in [-0.25, -0.2) is 0 Å². The minimum absolute atomic E-state index is 0.0131. The summed E-state index contributed by atoms with van der Waals surface area (Å²) in [5.41, 5.74) is 0. The number of carbonyl (C=O) groups excluding carboxylic acids is 2. The van der Waals surface area contributed by atoms with E-state index in [-0.39, 0.29) is 23.5 Å². The molecule has 0 aliphatic rings. The molecule has 0 spiro atoms. The van der Waals surface area contributed by atoms with Crippen LogP contribution in [-0.4, -0.2) is 18.2 Å². The number of hydrogen-bond donors (Lipinski definition) is 1. The maximum atomic E-state index is 11.4. The van der Waals surface area contributed by atoms with Gasteiger partial charge in [0, 0.05) is 24.8 Å². The van der Waals surface area contributed by atoms with E-state index in [0.717, 1.165) is 6.42 Å². The van der Waals surface area contributed by atoms with Crippen LogP contribution in [0.5, 0.6) is 0 Å². The van der Waals surface area contributed by atoms with E-state index in [9.17, 15) is 9.59 Å².